The highest BCUT2D eigenvalue weighted by Gasteiger charge is 2.68. The number of hydrogen-bond donors (Lipinski definition) is 2. The maximum absolute atomic E-state index is 13.5. The molecule has 2 amide bonds. The lowest BCUT2D eigenvalue weighted by atomic mass is 9.67. The van der Waals surface area contributed by atoms with E-state index in [1.165, 1.54) is 38.1 Å². The molecule has 1 spiro atoms. The molecule has 2 aromatic rings. The smallest absolute Gasteiger partial charge is 0.331 e. The lowest BCUT2D eigenvalue weighted by Crippen LogP contribution is -2.68. The van der Waals surface area contributed by atoms with Gasteiger partial charge < -0.3 is 20.1 Å². The highest BCUT2D eigenvalue weighted by molar-refractivity contribution is 6.05. The Kier molecular flexibility index (Phi) is 4.48. The first-order valence-electron chi connectivity index (χ1n) is 9.18. The van der Waals surface area contributed by atoms with Crippen molar-refractivity contribution in [3.8, 4) is 0 Å². The summed E-state index contributed by atoms with van der Waals surface area (Å²) in [5.74, 6) is -4.43. The van der Waals surface area contributed by atoms with Gasteiger partial charge in [-0.15, -0.1) is 0 Å². The van der Waals surface area contributed by atoms with Gasteiger partial charge in [0.15, 0.2) is 0 Å². The molecule has 2 aromatic carbocycles. The fourth-order valence-electron chi connectivity index (χ4n) is 3.89. The van der Waals surface area contributed by atoms with Gasteiger partial charge in [0.25, 0.3) is 5.79 Å². The fraction of sp³-hybridized carbons (Fsp3) is 0.286. The summed E-state index contributed by atoms with van der Waals surface area (Å²) in [6.45, 7) is 2.81. The summed E-state index contributed by atoms with van der Waals surface area (Å²) in [7, 11) is 0. The Balaban J connectivity index is 1.93. The van der Waals surface area contributed by atoms with Gasteiger partial charge in [0.2, 0.25) is 5.41 Å². The largest absolute Gasteiger partial charge is 0.422 e. The maximum atomic E-state index is 13.5. The number of benzene rings is 2. The van der Waals surface area contributed by atoms with Crippen LogP contribution in [0.1, 0.15) is 37.1 Å². The van der Waals surface area contributed by atoms with Crippen molar-refractivity contribution in [2.24, 2.45) is 5.41 Å². The van der Waals surface area contributed by atoms with E-state index < -0.39 is 52.9 Å². The van der Waals surface area contributed by atoms with Crippen molar-refractivity contribution in [1.29, 1.82) is 0 Å². The summed E-state index contributed by atoms with van der Waals surface area (Å²) in [6.07, 6.45) is 0. The molecule has 0 unspecified atom stereocenters. The molecule has 2 N–H and O–H groups in total. The zero-order valence-corrected chi connectivity index (χ0v) is 16.1. The van der Waals surface area contributed by atoms with Crippen LogP contribution < -0.4 is 10.6 Å². The van der Waals surface area contributed by atoms with Gasteiger partial charge in [-0.05, 0) is 35.4 Å². The van der Waals surface area contributed by atoms with E-state index in [-0.39, 0.29) is 0 Å². The monoisotopic (exact) mass is 416 g/mol. The van der Waals surface area contributed by atoms with Crippen molar-refractivity contribution in [1.82, 2.24) is 10.6 Å². The molecule has 0 aliphatic carbocycles. The molecule has 2 fully saturated rings. The van der Waals surface area contributed by atoms with Crippen LogP contribution in [0, 0.1) is 17.0 Å². The number of carbonyl (C=O) groups is 3. The lowest BCUT2D eigenvalue weighted by Gasteiger charge is -2.50. The Morgan fingerprint density at radius 1 is 0.733 bits per heavy atom. The van der Waals surface area contributed by atoms with Crippen LogP contribution in [0.4, 0.5) is 13.6 Å². The third-order valence-electron chi connectivity index (χ3n) is 5.22. The summed E-state index contributed by atoms with van der Waals surface area (Å²) in [5.41, 5.74) is -1.47. The zero-order valence-electron chi connectivity index (χ0n) is 16.1. The highest BCUT2D eigenvalue weighted by Crippen LogP contribution is 2.51. The van der Waals surface area contributed by atoms with Crippen LogP contribution in [0.5, 0.6) is 0 Å². The van der Waals surface area contributed by atoms with Gasteiger partial charge in [-0.2, -0.15) is 0 Å². The van der Waals surface area contributed by atoms with Gasteiger partial charge in [0, 0.05) is 13.8 Å². The first-order valence-corrected chi connectivity index (χ1v) is 9.18. The molecule has 9 heteroatoms. The van der Waals surface area contributed by atoms with Crippen LogP contribution in [0.25, 0.3) is 0 Å². The molecule has 2 saturated heterocycles. The van der Waals surface area contributed by atoms with Gasteiger partial charge in [-0.1, -0.05) is 24.3 Å². The molecule has 0 bridgehead atoms. The SMILES string of the molecule is CC1(C)OC(=O)C2(C(=O)O1)[C@@H](c1ccc(F)cc1)NC(=O)N[C@H]2c1ccc(F)cc1. The second-order valence-corrected chi connectivity index (χ2v) is 7.63. The normalized spacial score (nSPS) is 24.5. The highest BCUT2D eigenvalue weighted by atomic mass is 19.1. The van der Waals surface area contributed by atoms with Gasteiger partial charge in [0.05, 0.1) is 12.1 Å². The van der Waals surface area contributed by atoms with E-state index in [1.54, 1.807) is 0 Å². The molecular formula is C21H18F2N2O5. The molecule has 2 aliphatic rings. The predicted molar refractivity (Wildman–Crippen MR) is 98.6 cm³/mol. The quantitative estimate of drug-likeness (QED) is 0.580. The van der Waals surface area contributed by atoms with Crippen molar-refractivity contribution in [2.75, 3.05) is 0 Å². The number of carbonyl (C=O) groups excluding carboxylic acids is 3. The van der Waals surface area contributed by atoms with Crippen LogP contribution >= 0.6 is 0 Å². The summed E-state index contributed by atoms with van der Waals surface area (Å²) >= 11 is 0. The van der Waals surface area contributed by atoms with Crippen molar-refractivity contribution in [2.45, 2.75) is 31.7 Å². The minimum Gasteiger partial charge on any atom is -0.422 e. The molecular weight excluding hydrogens is 398 g/mol. The number of ether oxygens (including phenoxy) is 2. The van der Waals surface area contributed by atoms with E-state index in [4.69, 9.17) is 9.47 Å². The second kappa shape index (κ2) is 6.79. The Morgan fingerprint density at radius 2 is 1.10 bits per heavy atom. The third-order valence-corrected chi connectivity index (χ3v) is 5.22. The average molecular weight is 416 g/mol. The van der Waals surface area contributed by atoms with E-state index in [1.807, 2.05) is 0 Å². The molecule has 2 heterocycles. The number of urea groups is 1. The van der Waals surface area contributed by atoms with E-state index in [0.29, 0.717) is 11.1 Å². The number of halogens is 2. The molecule has 4 rings (SSSR count). The summed E-state index contributed by atoms with van der Waals surface area (Å²) in [5, 5.41) is 5.13. The number of hydrogen-bond acceptors (Lipinski definition) is 5. The molecule has 2 aliphatic heterocycles. The first kappa shape index (κ1) is 19.8. The number of amides is 2. The Morgan fingerprint density at radius 3 is 1.47 bits per heavy atom. The summed E-state index contributed by atoms with van der Waals surface area (Å²) in [6, 6.07) is 6.89. The molecule has 0 saturated carbocycles. The van der Waals surface area contributed by atoms with Crippen molar-refractivity contribution >= 4 is 18.0 Å². The molecule has 0 radical (unpaired) electrons. The van der Waals surface area contributed by atoms with Crippen LogP contribution in [0.3, 0.4) is 0 Å². The molecule has 0 aromatic heterocycles. The van der Waals surface area contributed by atoms with Crippen LogP contribution in [0.15, 0.2) is 48.5 Å². The van der Waals surface area contributed by atoms with E-state index in [9.17, 15) is 23.2 Å². The molecule has 7 nitrogen and oxygen atoms in total. The zero-order chi connectivity index (χ0) is 21.7. The second-order valence-electron chi connectivity index (χ2n) is 7.63. The van der Waals surface area contributed by atoms with Crippen LogP contribution in [0.2, 0.25) is 0 Å². The fourth-order valence-corrected chi connectivity index (χ4v) is 3.89. The first-order chi connectivity index (χ1) is 14.1. The lowest BCUT2D eigenvalue weighted by molar-refractivity contribution is -0.257. The number of cyclic esters (lactones) is 2. The van der Waals surface area contributed by atoms with E-state index in [0.717, 1.165) is 24.3 Å². The third kappa shape index (κ3) is 3.06. The minimum atomic E-state index is -2.07. The van der Waals surface area contributed by atoms with Gasteiger partial charge >= 0.3 is 18.0 Å². The summed E-state index contributed by atoms with van der Waals surface area (Å²) < 4.78 is 37.8. The number of esters is 2. The average Bonchev–Trinajstić information content (AvgIpc) is 2.66. The van der Waals surface area contributed by atoms with Crippen LogP contribution in [-0.4, -0.2) is 23.8 Å². The number of nitrogens with one attached hydrogen (secondary N) is 2. The summed E-state index contributed by atoms with van der Waals surface area (Å²) in [4.78, 5) is 39.1. The van der Waals surface area contributed by atoms with E-state index >= 15 is 0 Å². The number of rotatable bonds is 2. The van der Waals surface area contributed by atoms with Gasteiger partial charge in [-0.3, -0.25) is 9.59 Å². The molecule has 156 valence electrons. The maximum Gasteiger partial charge on any atom is 0.331 e. The van der Waals surface area contributed by atoms with Gasteiger partial charge in [-0.25, -0.2) is 13.6 Å². The molecule has 2 atom stereocenters. The topological polar surface area (TPSA) is 93.7 Å². The minimum absolute atomic E-state index is 0.298. The Hall–Kier alpha value is -3.49. The van der Waals surface area contributed by atoms with Crippen LogP contribution in [-0.2, 0) is 19.1 Å². The molecule has 30 heavy (non-hydrogen) atoms. The standard InChI is InChI=1S/C21H18F2N2O5/c1-20(2)29-17(26)21(18(27)30-20)15(11-3-7-13(22)8-4-11)24-19(28)25-16(21)12-5-9-14(23)10-6-12/h3-10,15-16H,1-2H3,(H2,24,25,28)/t15-,16+. The Labute approximate surface area is 170 Å². The van der Waals surface area contributed by atoms with Gasteiger partial charge in [0.1, 0.15) is 11.6 Å². The predicted octanol–water partition coefficient (Wildman–Crippen LogP) is 2.88. The van der Waals surface area contributed by atoms with Crippen molar-refractivity contribution in [3.05, 3.63) is 71.3 Å². The Bertz CT molecular complexity index is 941. The van der Waals surface area contributed by atoms with E-state index in [2.05, 4.69) is 10.6 Å². The van der Waals surface area contributed by atoms with Crippen molar-refractivity contribution in [3.63, 3.8) is 0 Å². The van der Waals surface area contributed by atoms with Crippen molar-refractivity contribution < 1.29 is 32.6 Å².